The summed E-state index contributed by atoms with van der Waals surface area (Å²) in [6.45, 7) is 2.05. The molecule has 2 nitrogen and oxygen atoms in total. The van der Waals surface area contributed by atoms with Gasteiger partial charge in [-0.15, -0.1) is 0 Å². The lowest BCUT2D eigenvalue weighted by Gasteiger charge is -2.09. The average Bonchev–Trinajstić information content (AvgIpc) is 3.60. The van der Waals surface area contributed by atoms with Gasteiger partial charge < -0.3 is 9.13 Å². The van der Waals surface area contributed by atoms with Crippen molar-refractivity contribution in [1.82, 2.24) is 9.13 Å². The van der Waals surface area contributed by atoms with Crippen molar-refractivity contribution in [2.45, 2.75) is 6.92 Å². The highest BCUT2D eigenvalue weighted by Gasteiger charge is 2.15. The fourth-order valence-electron chi connectivity index (χ4n) is 6.32. The van der Waals surface area contributed by atoms with Crippen molar-refractivity contribution in [3.05, 3.63) is 151 Å². The maximum Gasteiger partial charge on any atom is 0.0547 e. The van der Waals surface area contributed by atoms with Crippen molar-refractivity contribution in [1.29, 1.82) is 0 Å². The SMILES string of the molecule is C/C=C/c1ccc2c(ccn2-c2ccc(-c3ccc4c(c3)c3c5ccccc5ccc3n4-c3ccccc3)cc2)c1. The molecule has 0 atom stereocenters. The zero-order valence-corrected chi connectivity index (χ0v) is 22.8. The van der Waals surface area contributed by atoms with Crippen molar-refractivity contribution in [2.24, 2.45) is 0 Å². The predicted octanol–water partition coefficient (Wildman–Crippen LogP) is 10.6. The fraction of sp³-hybridized carbons (Fsp3) is 0.0256. The van der Waals surface area contributed by atoms with Gasteiger partial charge >= 0.3 is 0 Å². The van der Waals surface area contributed by atoms with E-state index in [1.54, 1.807) is 0 Å². The molecule has 0 unspecified atom stereocenters. The van der Waals surface area contributed by atoms with E-state index in [2.05, 4.69) is 168 Å². The second-order valence-corrected chi connectivity index (χ2v) is 10.6. The first-order valence-corrected chi connectivity index (χ1v) is 14.1. The molecule has 8 aromatic rings. The topological polar surface area (TPSA) is 9.86 Å². The molecular weight excluding hydrogens is 496 g/mol. The van der Waals surface area contributed by atoms with Crippen LogP contribution in [0.4, 0.5) is 0 Å². The van der Waals surface area contributed by atoms with Gasteiger partial charge in [0.15, 0.2) is 0 Å². The molecule has 41 heavy (non-hydrogen) atoms. The number of fused-ring (bicyclic) bond motifs is 6. The maximum atomic E-state index is 2.39. The second-order valence-electron chi connectivity index (χ2n) is 10.6. The summed E-state index contributed by atoms with van der Waals surface area (Å²) < 4.78 is 4.66. The van der Waals surface area contributed by atoms with Crippen LogP contribution in [0.25, 0.3) is 72.1 Å². The number of para-hydroxylation sites is 1. The number of rotatable bonds is 4. The lowest BCUT2D eigenvalue weighted by molar-refractivity contribution is 1.13. The first-order chi connectivity index (χ1) is 20.3. The first kappa shape index (κ1) is 23.5. The highest BCUT2D eigenvalue weighted by Crippen LogP contribution is 2.38. The summed E-state index contributed by atoms with van der Waals surface area (Å²) >= 11 is 0. The average molecular weight is 525 g/mol. The van der Waals surface area contributed by atoms with Crippen molar-refractivity contribution in [2.75, 3.05) is 0 Å². The summed E-state index contributed by atoms with van der Waals surface area (Å²) in [4.78, 5) is 0. The Bertz CT molecular complexity index is 2240. The first-order valence-electron chi connectivity index (χ1n) is 14.1. The van der Waals surface area contributed by atoms with E-state index in [4.69, 9.17) is 0 Å². The number of allylic oxidation sites excluding steroid dienone is 1. The Kier molecular flexibility index (Phi) is 5.39. The molecule has 0 amide bonds. The molecule has 0 spiro atoms. The van der Waals surface area contributed by atoms with E-state index in [1.165, 1.54) is 65.9 Å². The van der Waals surface area contributed by atoms with Crippen LogP contribution in [0.1, 0.15) is 12.5 Å². The lowest BCUT2D eigenvalue weighted by Crippen LogP contribution is -1.93. The molecule has 0 N–H and O–H groups in total. The molecule has 194 valence electrons. The summed E-state index contributed by atoms with van der Waals surface area (Å²) in [6, 6.07) is 48.5. The van der Waals surface area contributed by atoms with Crippen molar-refractivity contribution < 1.29 is 0 Å². The van der Waals surface area contributed by atoms with Crippen LogP contribution in [0.15, 0.2) is 146 Å². The molecule has 8 rings (SSSR count). The van der Waals surface area contributed by atoms with E-state index in [0.29, 0.717) is 0 Å². The van der Waals surface area contributed by atoms with E-state index < -0.39 is 0 Å². The van der Waals surface area contributed by atoms with Crippen LogP contribution in [0, 0.1) is 0 Å². The van der Waals surface area contributed by atoms with Crippen LogP contribution in [0.2, 0.25) is 0 Å². The Balaban J connectivity index is 1.27. The fourth-order valence-corrected chi connectivity index (χ4v) is 6.32. The molecule has 2 heterocycles. The standard InChI is InChI=1S/C39H28N2/c1-2-8-27-13-20-36-31(25-27)23-24-40(36)32-18-14-28(15-19-32)30-17-21-37-35(26-30)39-34-12-7-6-9-29(34)16-22-38(39)41(37)33-10-4-3-5-11-33/h2-26H,1H3/b8-2+. The molecule has 2 aromatic heterocycles. The Morgan fingerprint density at radius 1 is 0.512 bits per heavy atom. The zero-order valence-electron chi connectivity index (χ0n) is 22.8. The number of benzene rings is 6. The van der Waals surface area contributed by atoms with Gasteiger partial charge in [0, 0.05) is 33.7 Å². The number of hydrogen-bond donors (Lipinski definition) is 0. The summed E-state index contributed by atoms with van der Waals surface area (Å²) in [6.07, 6.45) is 6.38. The molecule has 6 aromatic carbocycles. The minimum Gasteiger partial charge on any atom is -0.317 e. The third kappa shape index (κ3) is 3.80. The third-order valence-electron chi connectivity index (χ3n) is 8.22. The molecule has 0 aliphatic carbocycles. The van der Waals surface area contributed by atoms with Gasteiger partial charge in [-0.05, 0) is 95.1 Å². The van der Waals surface area contributed by atoms with Gasteiger partial charge in [-0.2, -0.15) is 0 Å². The normalized spacial score (nSPS) is 11.9. The van der Waals surface area contributed by atoms with Gasteiger partial charge in [0.25, 0.3) is 0 Å². The molecule has 0 aliphatic rings. The summed E-state index contributed by atoms with van der Waals surface area (Å²) in [5, 5.41) is 6.37. The largest absolute Gasteiger partial charge is 0.317 e. The molecule has 0 bridgehead atoms. The molecule has 0 radical (unpaired) electrons. The van der Waals surface area contributed by atoms with Crippen LogP contribution in [-0.2, 0) is 0 Å². The summed E-state index contributed by atoms with van der Waals surface area (Å²) in [5.41, 5.74) is 9.67. The minimum atomic E-state index is 1.16. The van der Waals surface area contributed by atoms with Gasteiger partial charge in [-0.1, -0.05) is 84.9 Å². The Labute approximate surface area is 239 Å². The molecule has 0 fully saturated rings. The van der Waals surface area contributed by atoms with Crippen LogP contribution < -0.4 is 0 Å². The van der Waals surface area contributed by atoms with E-state index in [0.717, 1.165) is 5.69 Å². The lowest BCUT2D eigenvalue weighted by atomic mass is 10.00. The molecule has 0 aliphatic heterocycles. The Morgan fingerprint density at radius 3 is 2.12 bits per heavy atom. The number of hydrogen-bond acceptors (Lipinski definition) is 0. The maximum absolute atomic E-state index is 2.39. The highest BCUT2D eigenvalue weighted by molar-refractivity contribution is 6.21. The van der Waals surface area contributed by atoms with Gasteiger partial charge in [0.2, 0.25) is 0 Å². The van der Waals surface area contributed by atoms with Gasteiger partial charge in [0.05, 0.1) is 16.6 Å². The van der Waals surface area contributed by atoms with Gasteiger partial charge in [0.1, 0.15) is 0 Å². The van der Waals surface area contributed by atoms with Crippen LogP contribution in [-0.4, -0.2) is 9.13 Å². The van der Waals surface area contributed by atoms with E-state index in [-0.39, 0.29) is 0 Å². The highest BCUT2D eigenvalue weighted by atomic mass is 15.0. The van der Waals surface area contributed by atoms with E-state index >= 15 is 0 Å². The van der Waals surface area contributed by atoms with Crippen LogP contribution >= 0.6 is 0 Å². The molecule has 0 saturated carbocycles. The number of aromatic nitrogens is 2. The monoisotopic (exact) mass is 524 g/mol. The molecular formula is C39H28N2. The minimum absolute atomic E-state index is 1.16. The van der Waals surface area contributed by atoms with Crippen LogP contribution in [0.5, 0.6) is 0 Å². The quantitative estimate of drug-likeness (QED) is 0.217. The summed E-state index contributed by atoms with van der Waals surface area (Å²) in [7, 11) is 0. The van der Waals surface area contributed by atoms with E-state index in [1.807, 2.05) is 0 Å². The van der Waals surface area contributed by atoms with Gasteiger partial charge in [-0.3, -0.25) is 0 Å². The van der Waals surface area contributed by atoms with Crippen molar-refractivity contribution >= 4 is 49.6 Å². The van der Waals surface area contributed by atoms with Crippen molar-refractivity contribution in [3.63, 3.8) is 0 Å². The van der Waals surface area contributed by atoms with Crippen molar-refractivity contribution in [3.8, 4) is 22.5 Å². The second kappa shape index (κ2) is 9.39. The molecule has 2 heteroatoms. The Morgan fingerprint density at radius 2 is 1.27 bits per heavy atom. The predicted molar refractivity (Wildman–Crippen MR) is 175 cm³/mol. The van der Waals surface area contributed by atoms with Crippen LogP contribution in [0.3, 0.4) is 0 Å². The third-order valence-corrected chi connectivity index (χ3v) is 8.22. The molecule has 0 saturated heterocycles. The number of nitrogens with zero attached hydrogens (tertiary/aromatic N) is 2. The Hall–Kier alpha value is -5.34. The van der Waals surface area contributed by atoms with Gasteiger partial charge in [-0.25, -0.2) is 0 Å². The van der Waals surface area contributed by atoms with E-state index in [9.17, 15) is 0 Å². The summed E-state index contributed by atoms with van der Waals surface area (Å²) in [5.74, 6) is 0. The smallest absolute Gasteiger partial charge is 0.0547 e. The zero-order chi connectivity index (χ0) is 27.3.